The van der Waals surface area contributed by atoms with Crippen molar-refractivity contribution in [2.24, 2.45) is 7.05 Å². The molecule has 1 aromatic carbocycles. The molecule has 1 aliphatic rings. The molecule has 3 rings (SSSR count). The first kappa shape index (κ1) is 17.5. The Balaban J connectivity index is 1.49. The summed E-state index contributed by atoms with van der Waals surface area (Å²) >= 11 is 0. The van der Waals surface area contributed by atoms with E-state index >= 15 is 0 Å². The van der Waals surface area contributed by atoms with Crippen molar-refractivity contribution < 1.29 is 9.53 Å². The number of hydrogen-bond donors (Lipinski definition) is 1. The SMILES string of the molecule is CCCc1ccc(OCCNC(=O)c2c3c(nn2C)CCCC3)cc1. The minimum absolute atomic E-state index is 0.0555. The van der Waals surface area contributed by atoms with Gasteiger partial charge in [-0.2, -0.15) is 5.10 Å². The monoisotopic (exact) mass is 341 g/mol. The first-order valence-corrected chi connectivity index (χ1v) is 9.23. The Bertz CT molecular complexity index is 719. The summed E-state index contributed by atoms with van der Waals surface area (Å²) in [6, 6.07) is 8.17. The second-order valence-electron chi connectivity index (χ2n) is 6.60. The Morgan fingerprint density at radius 1 is 1.24 bits per heavy atom. The van der Waals surface area contributed by atoms with E-state index in [9.17, 15) is 4.79 Å². The highest BCUT2D eigenvalue weighted by Gasteiger charge is 2.23. The van der Waals surface area contributed by atoms with Gasteiger partial charge in [0.15, 0.2) is 0 Å². The fourth-order valence-corrected chi connectivity index (χ4v) is 3.42. The Morgan fingerprint density at radius 3 is 2.76 bits per heavy atom. The maximum Gasteiger partial charge on any atom is 0.269 e. The average Bonchev–Trinajstić information content (AvgIpc) is 2.96. The van der Waals surface area contributed by atoms with Gasteiger partial charge in [-0.1, -0.05) is 25.5 Å². The third-order valence-corrected chi connectivity index (χ3v) is 4.65. The summed E-state index contributed by atoms with van der Waals surface area (Å²) < 4.78 is 7.43. The highest BCUT2D eigenvalue weighted by atomic mass is 16.5. The van der Waals surface area contributed by atoms with Crippen LogP contribution in [0.2, 0.25) is 0 Å². The second-order valence-corrected chi connectivity index (χ2v) is 6.60. The number of aromatic nitrogens is 2. The van der Waals surface area contributed by atoms with E-state index in [2.05, 4.69) is 29.5 Å². The first-order chi connectivity index (χ1) is 12.2. The van der Waals surface area contributed by atoms with Crippen LogP contribution in [-0.2, 0) is 26.3 Å². The van der Waals surface area contributed by atoms with Gasteiger partial charge in [0, 0.05) is 12.6 Å². The Hall–Kier alpha value is -2.30. The van der Waals surface area contributed by atoms with Gasteiger partial charge in [-0.15, -0.1) is 0 Å². The fourth-order valence-electron chi connectivity index (χ4n) is 3.42. The summed E-state index contributed by atoms with van der Waals surface area (Å²) in [5, 5.41) is 7.45. The van der Waals surface area contributed by atoms with E-state index in [-0.39, 0.29) is 5.91 Å². The number of benzene rings is 1. The number of fused-ring (bicyclic) bond motifs is 1. The molecule has 1 N–H and O–H groups in total. The lowest BCUT2D eigenvalue weighted by atomic mass is 9.95. The van der Waals surface area contributed by atoms with Crippen LogP contribution >= 0.6 is 0 Å². The first-order valence-electron chi connectivity index (χ1n) is 9.23. The molecule has 0 aliphatic heterocycles. The lowest BCUT2D eigenvalue weighted by Crippen LogP contribution is -2.30. The van der Waals surface area contributed by atoms with Gasteiger partial charge in [-0.05, 0) is 49.8 Å². The van der Waals surface area contributed by atoms with E-state index in [1.807, 2.05) is 19.2 Å². The van der Waals surface area contributed by atoms with Gasteiger partial charge >= 0.3 is 0 Å². The van der Waals surface area contributed by atoms with Crippen molar-refractivity contribution in [3.05, 3.63) is 46.8 Å². The quantitative estimate of drug-likeness (QED) is 0.788. The third kappa shape index (κ3) is 4.21. The molecule has 1 amide bonds. The molecule has 1 heterocycles. The van der Waals surface area contributed by atoms with E-state index in [1.54, 1.807) is 4.68 Å². The van der Waals surface area contributed by atoms with E-state index in [0.29, 0.717) is 18.8 Å². The molecule has 25 heavy (non-hydrogen) atoms. The molecule has 0 unspecified atom stereocenters. The zero-order chi connectivity index (χ0) is 17.6. The minimum Gasteiger partial charge on any atom is -0.492 e. The largest absolute Gasteiger partial charge is 0.492 e. The van der Waals surface area contributed by atoms with Gasteiger partial charge in [0.2, 0.25) is 0 Å². The standard InChI is InChI=1S/C20H27N3O2/c1-3-6-15-9-11-16(12-10-15)25-14-13-21-20(24)19-17-7-4-5-8-18(17)22-23(19)2/h9-12H,3-8,13-14H2,1-2H3,(H,21,24). The number of carbonyl (C=O) groups is 1. The second kappa shape index (κ2) is 8.19. The number of nitrogens with zero attached hydrogens (tertiary/aromatic N) is 2. The van der Waals surface area contributed by atoms with Crippen LogP contribution in [-0.4, -0.2) is 28.8 Å². The molecule has 0 saturated carbocycles. The summed E-state index contributed by atoms with van der Waals surface area (Å²) in [5.74, 6) is 0.784. The summed E-state index contributed by atoms with van der Waals surface area (Å²) in [7, 11) is 1.85. The van der Waals surface area contributed by atoms with Gasteiger partial charge < -0.3 is 10.1 Å². The summed E-state index contributed by atoms with van der Waals surface area (Å²) in [6.45, 7) is 3.11. The van der Waals surface area contributed by atoms with Crippen LogP contribution in [0.5, 0.6) is 5.75 Å². The third-order valence-electron chi connectivity index (χ3n) is 4.65. The predicted octanol–water partition coefficient (Wildman–Crippen LogP) is 3.06. The molecule has 1 aliphatic carbocycles. The molecule has 5 nitrogen and oxygen atoms in total. The molecule has 0 fully saturated rings. The molecule has 2 aromatic rings. The Morgan fingerprint density at radius 2 is 2.00 bits per heavy atom. The zero-order valence-electron chi connectivity index (χ0n) is 15.2. The van der Waals surface area contributed by atoms with Crippen LogP contribution < -0.4 is 10.1 Å². The van der Waals surface area contributed by atoms with E-state index in [0.717, 1.165) is 55.5 Å². The predicted molar refractivity (Wildman–Crippen MR) is 98.1 cm³/mol. The van der Waals surface area contributed by atoms with Gasteiger partial charge in [-0.3, -0.25) is 9.48 Å². The highest BCUT2D eigenvalue weighted by molar-refractivity contribution is 5.94. The van der Waals surface area contributed by atoms with Crippen LogP contribution in [0.3, 0.4) is 0 Å². The van der Waals surface area contributed by atoms with Gasteiger partial charge in [-0.25, -0.2) is 0 Å². The maximum atomic E-state index is 12.5. The molecule has 1 aromatic heterocycles. The van der Waals surface area contributed by atoms with Crippen molar-refractivity contribution in [3.8, 4) is 5.75 Å². The smallest absolute Gasteiger partial charge is 0.269 e. The van der Waals surface area contributed by atoms with E-state index in [1.165, 1.54) is 5.56 Å². The van der Waals surface area contributed by atoms with Crippen molar-refractivity contribution >= 4 is 5.91 Å². The summed E-state index contributed by atoms with van der Waals surface area (Å²) in [5.41, 5.74) is 4.24. The van der Waals surface area contributed by atoms with Gasteiger partial charge in [0.1, 0.15) is 18.1 Å². The van der Waals surface area contributed by atoms with Crippen molar-refractivity contribution in [3.63, 3.8) is 0 Å². The van der Waals surface area contributed by atoms with Crippen molar-refractivity contribution in [1.82, 2.24) is 15.1 Å². The molecule has 5 heteroatoms. The van der Waals surface area contributed by atoms with Crippen LogP contribution in [0, 0.1) is 0 Å². The Labute approximate surface area is 149 Å². The molecule has 0 atom stereocenters. The number of amides is 1. The number of nitrogens with one attached hydrogen (secondary N) is 1. The van der Waals surface area contributed by atoms with Crippen LogP contribution in [0.4, 0.5) is 0 Å². The van der Waals surface area contributed by atoms with Crippen LogP contribution in [0.25, 0.3) is 0 Å². The topological polar surface area (TPSA) is 56.1 Å². The molecular formula is C20H27N3O2. The lowest BCUT2D eigenvalue weighted by Gasteiger charge is -2.12. The molecule has 0 radical (unpaired) electrons. The van der Waals surface area contributed by atoms with E-state index in [4.69, 9.17) is 4.74 Å². The Kier molecular flexibility index (Phi) is 5.74. The number of hydrogen-bond acceptors (Lipinski definition) is 3. The highest BCUT2D eigenvalue weighted by Crippen LogP contribution is 2.23. The summed E-state index contributed by atoms with van der Waals surface area (Å²) in [4.78, 5) is 12.5. The van der Waals surface area contributed by atoms with Crippen molar-refractivity contribution in [2.45, 2.75) is 45.4 Å². The fraction of sp³-hybridized carbons (Fsp3) is 0.500. The zero-order valence-corrected chi connectivity index (χ0v) is 15.2. The molecular weight excluding hydrogens is 314 g/mol. The molecule has 0 spiro atoms. The van der Waals surface area contributed by atoms with Crippen molar-refractivity contribution in [1.29, 1.82) is 0 Å². The minimum atomic E-state index is -0.0555. The summed E-state index contributed by atoms with van der Waals surface area (Å²) in [6.07, 6.45) is 6.46. The van der Waals surface area contributed by atoms with E-state index < -0.39 is 0 Å². The number of rotatable bonds is 7. The average molecular weight is 341 g/mol. The van der Waals surface area contributed by atoms with Crippen LogP contribution in [0.15, 0.2) is 24.3 Å². The van der Waals surface area contributed by atoms with Crippen molar-refractivity contribution in [2.75, 3.05) is 13.2 Å². The molecule has 0 bridgehead atoms. The van der Waals surface area contributed by atoms with Gasteiger partial charge in [0.25, 0.3) is 5.91 Å². The maximum absolute atomic E-state index is 12.5. The lowest BCUT2D eigenvalue weighted by molar-refractivity contribution is 0.0936. The number of aryl methyl sites for hydroxylation is 3. The molecule has 134 valence electrons. The van der Waals surface area contributed by atoms with Gasteiger partial charge in [0.05, 0.1) is 12.2 Å². The van der Waals surface area contributed by atoms with Crippen LogP contribution in [0.1, 0.15) is 53.5 Å². The number of ether oxygens (including phenoxy) is 1. The molecule has 0 saturated heterocycles. The normalized spacial score (nSPS) is 13.4. The number of carbonyl (C=O) groups excluding carboxylic acids is 1.